The van der Waals surface area contributed by atoms with E-state index < -0.39 is 0 Å². The molecule has 0 radical (unpaired) electrons. The predicted octanol–water partition coefficient (Wildman–Crippen LogP) is 1.74. The number of nitrogens with zero attached hydrogens (tertiary/aromatic N) is 2. The number of halogens is 1. The van der Waals surface area contributed by atoms with Gasteiger partial charge in [0.2, 0.25) is 0 Å². The predicted molar refractivity (Wildman–Crippen MR) is 66.2 cm³/mol. The number of aromatic amines is 1. The molecule has 0 saturated carbocycles. The van der Waals surface area contributed by atoms with Crippen LogP contribution >= 0.6 is 11.6 Å². The van der Waals surface area contributed by atoms with E-state index in [2.05, 4.69) is 20.3 Å². The number of hydrogen-bond donors (Lipinski definition) is 2. The summed E-state index contributed by atoms with van der Waals surface area (Å²) in [6.07, 6.45) is 1.31. The fourth-order valence-corrected chi connectivity index (χ4v) is 1.55. The number of aryl methyl sites for hydroxylation is 1. The second-order valence-corrected chi connectivity index (χ2v) is 3.90. The van der Waals surface area contributed by atoms with Gasteiger partial charge in [-0.15, -0.1) is 0 Å². The third-order valence-corrected chi connectivity index (χ3v) is 2.53. The molecule has 6 heteroatoms. The summed E-state index contributed by atoms with van der Waals surface area (Å²) in [6, 6.07) is 5.73. The van der Waals surface area contributed by atoms with E-state index in [1.165, 1.54) is 6.33 Å². The summed E-state index contributed by atoms with van der Waals surface area (Å²) in [4.78, 5) is 21.9. The Bertz CT molecular complexity index is 582. The van der Waals surface area contributed by atoms with Crippen LogP contribution < -0.4 is 10.9 Å². The highest BCUT2D eigenvalue weighted by atomic mass is 35.5. The Balaban J connectivity index is 2.13. The van der Waals surface area contributed by atoms with Crippen LogP contribution in [0, 0.1) is 6.92 Å². The molecule has 0 bridgehead atoms. The summed E-state index contributed by atoms with van der Waals surface area (Å²) >= 11 is 5.80. The van der Waals surface area contributed by atoms with Crippen molar-refractivity contribution in [1.82, 2.24) is 15.0 Å². The zero-order chi connectivity index (χ0) is 12.3. The van der Waals surface area contributed by atoms with Crippen molar-refractivity contribution in [3.8, 4) is 0 Å². The maximum absolute atomic E-state index is 11.2. The number of H-pyrrole nitrogens is 1. The van der Waals surface area contributed by atoms with Crippen LogP contribution in [-0.2, 0) is 6.54 Å². The lowest BCUT2D eigenvalue weighted by molar-refractivity contribution is 0.993. The zero-order valence-electron chi connectivity index (χ0n) is 9.20. The van der Waals surface area contributed by atoms with E-state index in [1.54, 1.807) is 0 Å². The third-order valence-electron chi connectivity index (χ3n) is 2.18. The second kappa shape index (κ2) is 4.97. The number of anilines is 1. The molecule has 0 amide bonds. The van der Waals surface area contributed by atoms with Gasteiger partial charge in [-0.25, -0.2) is 4.98 Å². The van der Waals surface area contributed by atoms with E-state index in [-0.39, 0.29) is 10.6 Å². The summed E-state index contributed by atoms with van der Waals surface area (Å²) in [6.45, 7) is 2.39. The van der Waals surface area contributed by atoms with Crippen LogP contribution in [-0.4, -0.2) is 15.0 Å². The van der Waals surface area contributed by atoms with Crippen molar-refractivity contribution in [2.75, 3.05) is 5.32 Å². The van der Waals surface area contributed by atoms with Gasteiger partial charge in [-0.05, 0) is 19.1 Å². The molecular weight excluding hydrogens is 240 g/mol. The van der Waals surface area contributed by atoms with Crippen molar-refractivity contribution >= 4 is 17.4 Å². The highest BCUT2D eigenvalue weighted by Gasteiger charge is 2.05. The molecule has 2 heterocycles. The molecule has 0 unspecified atom stereocenters. The lowest BCUT2D eigenvalue weighted by Gasteiger charge is -2.06. The Morgan fingerprint density at radius 2 is 2.29 bits per heavy atom. The molecule has 0 aliphatic carbocycles. The van der Waals surface area contributed by atoms with Gasteiger partial charge in [-0.2, -0.15) is 0 Å². The molecular formula is C11H11ClN4O. The van der Waals surface area contributed by atoms with Gasteiger partial charge in [0, 0.05) is 5.69 Å². The van der Waals surface area contributed by atoms with Gasteiger partial charge in [0.15, 0.2) is 5.82 Å². The Labute approximate surface area is 103 Å². The van der Waals surface area contributed by atoms with Crippen LogP contribution in [0.25, 0.3) is 0 Å². The van der Waals surface area contributed by atoms with Crippen molar-refractivity contribution in [2.45, 2.75) is 13.5 Å². The minimum Gasteiger partial charge on any atom is -0.363 e. The van der Waals surface area contributed by atoms with Crippen LogP contribution in [0.15, 0.2) is 29.3 Å². The van der Waals surface area contributed by atoms with Crippen molar-refractivity contribution in [3.05, 3.63) is 51.3 Å². The molecule has 88 valence electrons. The summed E-state index contributed by atoms with van der Waals surface area (Å²) in [5.41, 5.74) is 1.44. The van der Waals surface area contributed by atoms with Crippen molar-refractivity contribution in [2.24, 2.45) is 0 Å². The summed E-state index contributed by atoms with van der Waals surface area (Å²) in [7, 11) is 0. The Hall–Kier alpha value is -1.88. The monoisotopic (exact) mass is 250 g/mol. The van der Waals surface area contributed by atoms with Crippen LogP contribution in [0.1, 0.15) is 11.4 Å². The standard InChI is InChI=1S/C11H11ClN4O/c1-7-3-2-4-8(16-7)5-13-10-9(12)11(17)15-6-14-10/h2-4,6H,5H2,1H3,(H2,13,14,15,17). The smallest absolute Gasteiger partial charge is 0.271 e. The number of rotatable bonds is 3. The summed E-state index contributed by atoms with van der Waals surface area (Å²) in [5.74, 6) is 0.360. The fourth-order valence-electron chi connectivity index (χ4n) is 1.38. The largest absolute Gasteiger partial charge is 0.363 e. The molecule has 2 rings (SSSR count). The Kier molecular flexibility index (Phi) is 3.39. The maximum atomic E-state index is 11.2. The zero-order valence-corrected chi connectivity index (χ0v) is 9.95. The van der Waals surface area contributed by atoms with Crippen LogP contribution in [0.2, 0.25) is 5.02 Å². The normalized spacial score (nSPS) is 10.2. The molecule has 2 aromatic heterocycles. The SMILES string of the molecule is Cc1cccc(CNc2nc[nH]c(=O)c2Cl)n1. The van der Waals surface area contributed by atoms with Gasteiger partial charge >= 0.3 is 0 Å². The molecule has 0 fully saturated rings. The molecule has 0 atom stereocenters. The topological polar surface area (TPSA) is 70.7 Å². The average Bonchev–Trinajstić information content (AvgIpc) is 2.31. The van der Waals surface area contributed by atoms with Gasteiger partial charge in [0.05, 0.1) is 18.6 Å². The number of hydrogen-bond acceptors (Lipinski definition) is 4. The molecule has 2 aromatic rings. The minimum absolute atomic E-state index is 0.0557. The van der Waals surface area contributed by atoms with Crippen LogP contribution in [0.5, 0.6) is 0 Å². The average molecular weight is 251 g/mol. The van der Waals surface area contributed by atoms with Crippen molar-refractivity contribution < 1.29 is 0 Å². The van der Waals surface area contributed by atoms with Gasteiger partial charge in [-0.3, -0.25) is 9.78 Å². The van der Waals surface area contributed by atoms with Gasteiger partial charge < -0.3 is 10.3 Å². The molecule has 5 nitrogen and oxygen atoms in total. The molecule has 0 saturated heterocycles. The molecule has 0 aromatic carbocycles. The van der Waals surface area contributed by atoms with E-state index in [9.17, 15) is 4.79 Å². The minimum atomic E-state index is -0.360. The number of pyridine rings is 1. The van der Waals surface area contributed by atoms with Gasteiger partial charge in [0.25, 0.3) is 5.56 Å². The van der Waals surface area contributed by atoms with Gasteiger partial charge in [0.1, 0.15) is 5.02 Å². The van der Waals surface area contributed by atoms with Crippen molar-refractivity contribution in [1.29, 1.82) is 0 Å². The first-order valence-corrected chi connectivity index (χ1v) is 5.44. The first kappa shape index (κ1) is 11.6. The molecule has 0 spiro atoms. The quantitative estimate of drug-likeness (QED) is 0.871. The Morgan fingerprint density at radius 3 is 3.06 bits per heavy atom. The van der Waals surface area contributed by atoms with Crippen LogP contribution in [0.3, 0.4) is 0 Å². The molecule has 17 heavy (non-hydrogen) atoms. The lowest BCUT2D eigenvalue weighted by Crippen LogP contribution is -2.12. The Morgan fingerprint density at radius 1 is 1.47 bits per heavy atom. The lowest BCUT2D eigenvalue weighted by atomic mass is 10.3. The third kappa shape index (κ3) is 2.82. The van der Waals surface area contributed by atoms with E-state index in [4.69, 9.17) is 11.6 Å². The summed E-state index contributed by atoms with van der Waals surface area (Å²) in [5, 5.41) is 3.03. The molecule has 2 N–H and O–H groups in total. The highest BCUT2D eigenvalue weighted by molar-refractivity contribution is 6.32. The van der Waals surface area contributed by atoms with E-state index in [0.29, 0.717) is 12.4 Å². The van der Waals surface area contributed by atoms with Gasteiger partial charge in [-0.1, -0.05) is 17.7 Å². The second-order valence-electron chi connectivity index (χ2n) is 3.52. The van der Waals surface area contributed by atoms with E-state index >= 15 is 0 Å². The maximum Gasteiger partial charge on any atom is 0.271 e. The van der Waals surface area contributed by atoms with E-state index in [0.717, 1.165) is 11.4 Å². The number of aromatic nitrogens is 3. The fraction of sp³-hybridized carbons (Fsp3) is 0.182. The van der Waals surface area contributed by atoms with Crippen LogP contribution in [0.4, 0.5) is 5.82 Å². The highest BCUT2D eigenvalue weighted by Crippen LogP contribution is 2.12. The number of nitrogens with one attached hydrogen (secondary N) is 2. The summed E-state index contributed by atoms with van der Waals surface area (Å²) < 4.78 is 0. The van der Waals surface area contributed by atoms with E-state index in [1.807, 2.05) is 25.1 Å². The first-order chi connectivity index (χ1) is 8.16. The molecule has 0 aliphatic rings. The molecule has 0 aliphatic heterocycles. The first-order valence-electron chi connectivity index (χ1n) is 5.06. The van der Waals surface area contributed by atoms with Crippen molar-refractivity contribution in [3.63, 3.8) is 0 Å².